The normalized spacial score (nSPS) is 17.4. The van der Waals surface area contributed by atoms with Gasteiger partial charge in [-0.1, -0.05) is 18.2 Å². The van der Waals surface area contributed by atoms with Crippen LogP contribution in [0, 0.1) is 0 Å². The summed E-state index contributed by atoms with van der Waals surface area (Å²) in [6, 6.07) is 9.54. The highest BCUT2D eigenvalue weighted by Crippen LogP contribution is 2.33. The minimum Gasteiger partial charge on any atom is -0.377 e. The highest BCUT2D eigenvalue weighted by atomic mass is 35.5. The lowest BCUT2D eigenvalue weighted by molar-refractivity contribution is -0.134. The molecule has 0 bridgehead atoms. The highest BCUT2D eigenvalue weighted by Gasteiger charge is 2.28. The van der Waals surface area contributed by atoms with Gasteiger partial charge in [-0.15, -0.1) is 0 Å². The third kappa shape index (κ3) is 3.00. The molecule has 0 saturated carbocycles. The number of carbonyl (C=O) groups is 1. The number of hydrogen-bond donors (Lipinski definition) is 1. The first kappa shape index (κ1) is 16.8. The molecule has 6 heteroatoms. The van der Waals surface area contributed by atoms with E-state index in [4.69, 9.17) is 16.3 Å². The van der Waals surface area contributed by atoms with E-state index in [2.05, 4.69) is 16.5 Å². The number of fused-ring (bicyclic) bond motifs is 1. The number of pyridine rings is 1. The number of benzene rings is 1. The summed E-state index contributed by atoms with van der Waals surface area (Å²) in [6.45, 7) is 5.09. The van der Waals surface area contributed by atoms with Gasteiger partial charge in [-0.2, -0.15) is 0 Å². The summed E-state index contributed by atoms with van der Waals surface area (Å²) in [6.07, 6.45) is 5.00. The average Bonchev–Trinajstić information content (AvgIpc) is 3.15. The van der Waals surface area contributed by atoms with Gasteiger partial charge in [0.2, 0.25) is 5.91 Å². The van der Waals surface area contributed by atoms with Crippen LogP contribution in [0.2, 0.25) is 5.02 Å². The number of hydrogen-bond acceptors (Lipinski definition) is 3. The van der Waals surface area contributed by atoms with E-state index in [1.807, 2.05) is 36.5 Å². The summed E-state index contributed by atoms with van der Waals surface area (Å²) in [5.74, 6) is -0.106. The first-order chi connectivity index (χ1) is 12.7. The number of nitrogens with zero attached hydrogens (tertiary/aromatic N) is 2. The quantitative estimate of drug-likeness (QED) is 0.712. The number of aromatic amines is 1. The standard InChI is InChI=1S/C20H18ClN3O2/c1-2-19(25)24-7-8-26-12-18(24)13-9-14(11-15(21)10-13)20-16-3-5-22-17(16)4-6-23-20/h2-6,9-11,18,22H,1,7-8,12H2. The number of H-pyrrole nitrogens is 1. The summed E-state index contributed by atoms with van der Waals surface area (Å²) < 4.78 is 5.61. The number of nitrogens with one attached hydrogen (secondary N) is 1. The Labute approximate surface area is 156 Å². The lowest BCUT2D eigenvalue weighted by Gasteiger charge is -2.35. The lowest BCUT2D eigenvalue weighted by Crippen LogP contribution is -2.42. The van der Waals surface area contributed by atoms with E-state index in [1.54, 1.807) is 11.1 Å². The minimum atomic E-state index is -0.197. The molecule has 2 aromatic heterocycles. The van der Waals surface area contributed by atoms with Crippen LogP contribution in [-0.4, -0.2) is 40.5 Å². The van der Waals surface area contributed by atoms with Crippen molar-refractivity contribution in [3.63, 3.8) is 0 Å². The largest absolute Gasteiger partial charge is 0.377 e. The Hall–Kier alpha value is -2.63. The van der Waals surface area contributed by atoms with E-state index < -0.39 is 0 Å². The van der Waals surface area contributed by atoms with Crippen LogP contribution in [0.1, 0.15) is 11.6 Å². The number of carbonyl (C=O) groups excluding carboxylic acids is 1. The highest BCUT2D eigenvalue weighted by molar-refractivity contribution is 6.31. The molecular formula is C20H18ClN3O2. The molecule has 5 nitrogen and oxygen atoms in total. The van der Waals surface area contributed by atoms with Crippen molar-refractivity contribution in [2.45, 2.75) is 6.04 Å². The lowest BCUT2D eigenvalue weighted by atomic mass is 9.99. The van der Waals surface area contributed by atoms with Crippen molar-refractivity contribution >= 4 is 28.4 Å². The van der Waals surface area contributed by atoms with E-state index in [0.717, 1.165) is 27.7 Å². The molecule has 1 fully saturated rings. The van der Waals surface area contributed by atoms with Gasteiger partial charge in [-0.05, 0) is 42.0 Å². The molecule has 1 amide bonds. The van der Waals surface area contributed by atoms with Gasteiger partial charge in [-0.3, -0.25) is 9.78 Å². The zero-order valence-electron chi connectivity index (χ0n) is 14.1. The zero-order chi connectivity index (χ0) is 18.1. The van der Waals surface area contributed by atoms with E-state index in [0.29, 0.717) is 24.8 Å². The molecule has 1 atom stereocenters. The Kier molecular flexibility index (Phi) is 4.49. The van der Waals surface area contributed by atoms with Crippen LogP contribution in [-0.2, 0) is 9.53 Å². The second-order valence-electron chi connectivity index (χ2n) is 6.20. The van der Waals surface area contributed by atoms with Crippen LogP contribution in [0.4, 0.5) is 0 Å². The van der Waals surface area contributed by atoms with Crippen molar-refractivity contribution in [3.05, 3.63) is 66.0 Å². The molecule has 1 N–H and O–H groups in total. The van der Waals surface area contributed by atoms with Gasteiger partial charge in [0.25, 0.3) is 0 Å². The Morgan fingerprint density at radius 3 is 3.12 bits per heavy atom. The first-order valence-electron chi connectivity index (χ1n) is 8.41. The number of rotatable bonds is 3. The van der Waals surface area contributed by atoms with Crippen molar-refractivity contribution < 1.29 is 9.53 Å². The topological polar surface area (TPSA) is 58.2 Å². The molecular weight excluding hydrogens is 350 g/mol. The van der Waals surface area contributed by atoms with Crippen LogP contribution in [0.3, 0.4) is 0 Å². The van der Waals surface area contributed by atoms with Crippen LogP contribution in [0.5, 0.6) is 0 Å². The Bertz CT molecular complexity index is 982. The van der Waals surface area contributed by atoms with E-state index in [1.165, 1.54) is 6.08 Å². The summed E-state index contributed by atoms with van der Waals surface area (Å²) in [5.41, 5.74) is 3.71. The van der Waals surface area contributed by atoms with Crippen molar-refractivity contribution in [1.82, 2.24) is 14.9 Å². The Morgan fingerprint density at radius 1 is 1.38 bits per heavy atom. The second-order valence-corrected chi connectivity index (χ2v) is 6.63. The van der Waals surface area contributed by atoms with Crippen molar-refractivity contribution in [2.24, 2.45) is 0 Å². The third-order valence-corrected chi connectivity index (χ3v) is 4.86. The Morgan fingerprint density at radius 2 is 2.27 bits per heavy atom. The van der Waals surface area contributed by atoms with E-state index >= 15 is 0 Å². The molecule has 4 rings (SSSR count). The molecule has 26 heavy (non-hydrogen) atoms. The fraction of sp³-hybridized carbons (Fsp3) is 0.200. The van der Waals surface area contributed by atoms with Crippen LogP contribution >= 0.6 is 11.6 Å². The molecule has 1 aliphatic rings. The molecule has 3 heterocycles. The fourth-order valence-corrected chi connectivity index (χ4v) is 3.66. The van der Waals surface area contributed by atoms with Crippen molar-refractivity contribution in [3.8, 4) is 11.3 Å². The Balaban J connectivity index is 1.80. The number of aromatic nitrogens is 2. The molecule has 1 aromatic carbocycles. The summed E-state index contributed by atoms with van der Waals surface area (Å²) in [7, 11) is 0. The molecule has 0 aliphatic carbocycles. The number of amides is 1. The van der Waals surface area contributed by atoms with Crippen LogP contribution < -0.4 is 0 Å². The molecule has 1 unspecified atom stereocenters. The van der Waals surface area contributed by atoms with E-state index in [-0.39, 0.29) is 11.9 Å². The molecule has 3 aromatic rings. The predicted molar refractivity (Wildman–Crippen MR) is 102 cm³/mol. The molecule has 132 valence electrons. The molecule has 0 radical (unpaired) electrons. The van der Waals surface area contributed by atoms with Gasteiger partial charge in [0.1, 0.15) is 0 Å². The van der Waals surface area contributed by atoms with Crippen LogP contribution in [0.25, 0.3) is 22.2 Å². The van der Waals surface area contributed by atoms with E-state index in [9.17, 15) is 4.79 Å². The van der Waals surface area contributed by atoms with Gasteiger partial charge < -0.3 is 14.6 Å². The molecule has 1 aliphatic heterocycles. The number of morpholine rings is 1. The monoisotopic (exact) mass is 367 g/mol. The van der Waals surface area contributed by atoms with Gasteiger partial charge in [0, 0.05) is 40.4 Å². The van der Waals surface area contributed by atoms with Gasteiger partial charge in [-0.25, -0.2) is 0 Å². The summed E-state index contributed by atoms with van der Waals surface area (Å²) >= 11 is 6.41. The number of halogens is 1. The maximum Gasteiger partial charge on any atom is 0.246 e. The SMILES string of the molecule is C=CC(=O)N1CCOCC1c1cc(Cl)cc(-c2nccc3[nH]ccc23)c1. The van der Waals surface area contributed by atoms with Gasteiger partial charge in [0.05, 0.1) is 24.9 Å². The maximum absolute atomic E-state index is 12.2. The first-order valence-corrected chi connectivity index (χ1v) is 8.79. The predicted octanol–water partition coefficient (Wildman–Crippen LogP) is 3.97. The molecule has 0 spiro atoms. The zero-order valence-corrected chi connectivity index (χ0v) is 14.9. The number of ether oxygens (including phenoxy) is 1. The third-order valence-electron chi connectivity index (χ3n) is 4.64. The van der Waals surface area contributed by atoms with Crippen molar-refractivity contribution in [2.75, 3.05) is 19.8 Å². The second kappa shape index (κ2) is 6.94. The maximum atomic E-state index is 12.2. The minimum absolute atomic E-state index is 0.106. The summed E-state index contributed by atoms with van der Waals surface area (Å²) in [4.78, 5) is 21.7. The smallest absolute Gasteiger partial charge is 0.246 e. The fourth-order valence-electron chi connectivity index (χ4n) is 3.41. The van der Waals surface area contributed by atoms with Crippen LogP contribution in [0.15, 0.2) is 55.4 Å². The van der Waals surface area contributed by atoms with Gasteiger partial charge >= 0.3 is 0 Å². The van der Waals surface area contributed by atoms with Crippen molar-refractivity contribution in [1.29, 1.82) is 0 Å². The summed E-state index contributed by atoms with van der Waals surface area (Å²) in [5, 5.41) is 1.63. The average molecular weight is 368 g/mol. The molecule has 1 saturated heterocycles. The van der Waals surface area contributed by atoms with Gasteiger partial charge in [0.15, 0.2) is 0 Å².